The molecule has 3 rings (SSSR count). The van der Waals surface area contributed by atoms with Crippen molar-refractivity contribution in [2.45, 2.75) is 6.18 Å². The van der Waals surface area contributed by atoms with Crippen molar-refractivity contribution in [2.24, 2.45) is 0 Å². The van der Waals surface area contributed by atoms with Crippen molar-refractivity contribution < 1.29 is 22.5 Å². The number of alkyl halides is 3. The first-order valence-corrected chi connectivity index (χ1v) is 6.11. The molecule has 2 nitrogen and oxygen atoms in total. The molecule has 0 radical (unpaired) electrons. The molecule has 0 amide bonds. The highest BCUT2D eigenvalue weighted by molar-refractivity contribution is 6.64. The van der Waals surface area contributed by atoms with Crippen LogP contribution in [0.5, 0.6) is 11.5 Å². The number of hydrogen-bond donors (Lipinski definition) is 0. The van der Waals surface area contributed by atoms with Crippen molar-refractivity contribution in [3.05, 3.63) is 53.1 Å². The van der Waals surface area contributed by atoms with Gasteiger partial charge in [0, 0.05) is 10.5 Å². The number of benzene rings is 2. The van der Waals surface area contributed by atoms with E-state index >= 15 is 0 Å². The second-order valence-corrected chi connectivity index (χ2v) is 4.72. The number of para-hydroxylation sites is 2. The number of rotatable bonds is 1. The van der Waals surface area contributed by atoms with E-state index in [1.165, 1.54) is 6.07 Å². The lowest BCUT2D eigenvalue weighted by atomic mass is 9.78. The van der Waals surface area contributed by atoms with Gasteiger partial charge in [0.15, 0.2) is 0 Å². The van der Waals surface area contributed by atoms with Crippen molar-refractivity contribution in [1.29, 1.82) is 0 Å². The van der Waals surface area contributed by atoms with Gasteiger partial charge in [0.1, 0.15) is 11.5 Å². The van der Waals surface area contributed by atoms with Gasteiger partial charge in [0.2, 0.25) is 0 Å². The molecule has 1 heterocycles. The lowest BCUT2D eigenvalue weighted by Crippen LogP contribution is -2.39. The SMILES string of the molecule is FC(F)(F)c1cc(Cl)cc(B2Oc3ccccc3O2)c1. The van der Waals surface area contributed by atoms with Crippen LogP contribution >= 0.6 is 11.6 Å². The van der Waals surface area contributed by atoms with E-state index in [9.17, 15) is 13.2 Å². The Balaban J connectivity index is 1.95. The molecular weight excluding hydrogens is 291 g/mol. The van der Waals surface area contributed by atoms with Gasteiger partial charge in [-0.15, -0.1) is 0 Å². The average Bonchev–Trinajstić information content (AvgIpc) is 2.80. The summed E-state index contributed by atoms with van der Waals surface area (Å²) in [4.78, 5) is 0. The van der Waals surface area contributed by atoms with Gasteiger partial charge in [-0.05, 0) is 30.3 Å². The molecule has 0 fully saturated rings. The summed E-state index contributed by atoms with van der Waals surface area (Å²) in [6.45, 7) is 0. The predicted molar refractivity (Wildman–Crippen MR) is 69.5 cm³/mol. The molecule has 1 aliphatic heterocycles. The fraction of sp³-hybridized carbons (Fsp3) is 0.0769. The van der Waals surface area contributed by atoms with Gasteiger partial charge < -0.3 is 9.31 Å². The fourth-order valence-electron chi connectivity index (χ4n) is 1.95. The molecule has 0 aromatic heterocycles. The minimum absolute atomic E-state index is 0.0158. The smallest absolute Gasteiger partial charge is 0.519 e. The average molecular weight is 298 g/mol. The molecule has 0 aliphatic carbocycles. The van der Waals surface area contributed by atoms with Crippen LogP contribution in [-0.4, -0.2) is 7.12 Å². The van der Waals surface area contributed by atoms with Crippen molar-refractivity contribution in [1.82, 2.24) is 0 Å². The van der Waals surface area contributed by atoms with E-state index in [4.69, 9.17) is 20.9 Å². The van der Waals surface area contributed by atoms with Crippen LogP contribution in [0.2, 0.25) is 5.02 Å². The molecule has 2 aromatic carbocycles. The Labute approximate surface area is 118 Å². The summed E-state index contributed by atoms with van der Waals surface area (Å²) < 4.78 is 49.2. The Morgan fingerprint density at radius 3 is 2.10 bits per heavy atom. The van der Waals surface area contributed by atoms with Crippen LogP contribution in [-0.2, 0) is 6.18 Å². The third-order valence-electron chi connectivity index (χ3n) is 2.84. The summed E-state index contributed by atoms with van der Waals surface area (Å²) in [5, 5.41) is -0.0158. The molecule has 2 aromatic rings. The zero-order valence-electron chi connectivity index (χ0n) is 9.95. The molecule has 0 saturated carbocycles. The third kappa shape index (κ3) is 2.43. The zero-order chi connectivity index (χ0) is 14.3. The van der Waals surface area contributed by atoms with Crippen LogP contribution in [0.15, 0.2) is 42.5 Å². The third-order valence-corrected chi connectivity index (χ3v) is 3.05. The summed E-state index contributed by atoms with van der Waals surface area (Å²) in [7, 11) is -0.924. The van der Waals surface area contributed by atoms with Gasteiger partial charge in [-0.25, -0.2) is 0 Å². The monoisotopic (exact) mass is 298 g/mol. The number of halogens is 4. The molecule has 0 N–H and O–H groups in total. The van der Waals surface area contributed by atoms with E-state index in [1.54, 1.807) is 24.3 Å². The minimum Gasteiger partial charge on any atom is -0.519 e. The van der Waals surface area contributed by atoms with E-state index < -0.39 is 18.9 Å². The first-order chi connectivity index (χ1) is 9.43. The summed E-state index contributed by atoms with van der Waals surface area (Å²) >= 11 is 5.73. The van der Waals surface area contributed by atoms with Gasteiger partial charge in [-0.3, -0.25) is 0 Å². The van der Waals surface area contributed by atoms with Gasteiger partial charge in [0.25, 0.3) is 0 Å². The largest absolute Gasteiger partial charge is 0.632 e. The van der Waals surface area contributed by atoms with Gasteiger partial charge in [-0.2, -0.15) is 13.2 Å². The van der Waals surface area contributed by atoms with E-state index in [-0.39, 0.29) is 10.5 Å². The molecule has 0 saturated heterocycles. The summed E-state index contributed by atoms with van der Waals surface area (Å²) in [6.07, 6.45) is -4.47. The van der Waals surface area contributed by atoms with Crippen molar-refractivity contribution in [3.63, 3.8) is 0 Å². The topological polar surface area (TPSA) is 18.5 Å². The molecule has 0 bridgehead atoms. The van der Waals surface area contributed by atoms with Gasteiger partial charge >= 0.3 is 13.3 Å². The summed E-state index contributed by atoms with van der Waals surface area (Å²) in [6, 6.07) is 10.1. The molecule has 0 unspecified atom stereocenters. The molecule has 0 spiro atoms. The van der Waals surface area contributed by atoms with Crippen molar-refractivity contribution in [3.8, 4) is 11.5 Å². The lowest BCUT2D eigenvalue weighted by molar-refractivity contribution is -0.137. The Hall–Kier alpha value is -1.82. The first-order valence-electron chi connectivity index (χ1n) is 5.73. The van der Waals surface area contributed by atoms with Crippen LogP contribution in [0, 0.1) is 0 Å². The molecule has 7 heteroatoms. The highest BCUT2D eigenvalue weighted by Gasteiger charge is 2.37. The van der Waals surface area contributed by atoms with Crippen LogP contribution < -0.4 is 14.8 Å². The Bertz CT molecular complexity index is 635. The quantitative estimate of drug-likeness (QED) is 0.750. The molecule has 20 heavy (non-hydrogen) atoms. The highest BCUT2D eigenvalue weighted by Crippen LogP contribution is 2.34. The fourth-order valence-corrected chi connectivity index (χ4v) is 2.19. The molecule has 1 aliphatic rings. The molecule has 102 valence electrons. The van der Waals surface area contributed by atoms with Crippen molar-refractivity contribution in [2.75, 3.05) is 0 Å². The van der Waals surface area contributed by atoms with Crippen LogP contribution in [0.25, 0.3) is 0 Å². The number of fused-ring (bicyclic) bond motifs is 1. The van der Waals surface area contributed by atoms with Gasteiger partial charge in [-0.1, -0.05) is 23.7 Å². The van der Waals surface area contributed by atoms with Crippen molar-refractivity contribution >= 4 is 24.2 Å². The standard InChI is InChI=1S/C13H7BClF3O2/c15-10-6-8(13(16,17)18)5-9(7-10)14-19-11-3-1-2-4-12(11)20-14/h1-7H. The maximum absolute atomic E-state index is 12.8. The minimum atomic E-state index is -4.47. The highest BCUT2D eigenvalue weighted by atomic mass is 35.5. The van der Waals surface area contributed by atoms with E-state index in [1.807, 2.05) is 0 Å². The maximum Gasteiger partial charge on any atom is 0.632 e. The summed E-state index contributed by atoms with van der Waals surface area (Å²) in [5.41, 5.74) is -0.607. The Morgan fingerprint density at radius 1 is 0.950 bits per heavy atom. The Morgan fingerprint density at radius 2 is 1.55 bits per heavy atom. The van der Waals surface area contributed by atoms with E-state index in [0.29, 0.717) is 11.5 Å². The second-order valence-electron chi connectivity index (χ2n) is 4.29. The van der Waals surface area contributed by atoms with Gasteiger partial charge in [0.05, 0.1) is 5.56 Å². The summed E-state index contributed by atoms with van der Waals surface area (Å²) in [5.74, 6) is 0.983. The zero-order valence-corrected chi connectivity index (χ0v) is 10.7. The molecular formula is C13H7BClF3O2. The first kappa shape index (κ1) is 13.2. The normalized spacial score (nSPS) is 13.7. The molecule has 0 atom stereocenters. The second kappa shape index (κ2) is 4.63. The van der Waals surface area contributed by atoms with E-state index in [0.717, 1.165) is 12.1 Å². The number of hydrogen-bond acceptors (Lipinski definition) is 2. The Kier molecular flexibility index (Phi) is 3.05. The van der Waals surface area contributed by atoms with Crippen LogP contribution in [0.1, 0.15) is 5.56 Å². The predicted octanol–water partition coefficient (Wildman–Crippen LogP) is 3.53. The van der Waals surface area contributed by atoms with Crippen LogP contribution in [0.3, 0.4) is 0 Å². The van der Waals surface area contributed by atoms with Crippen LogP contribution in [0.4, 0.5) is 13.2 Å². The van der Waals surface area contributed by atoms with E-state index in [2.05, 4.69) is 0 Å². The maximum atomic E-state index is 12.8. The lowest BCUT2D eigenvalue weighted by Gasteiger charge is -2.11.